The van der Waals surface area contributed by atoms with Crippen LogP contribution in [0.3, 0.4) is 0 Å². The molecular weight excluding hydrogens is 424 g/mol. The molecule has 8 heteroatoms. The highest BCUT2D eigenvalue weighted by Gasteiger charge is 2.24. The molecule has 0 saturated heterocycles. The predicted octanol–water partition coefficient (Wildman–Crippen LogP) is 4.80. The van der Waals surface area contributed by atoms with E-state index in [0.29, 0.717) is 6.42 Å². The number of hydrogen-bond donors (Lipinski definition) is 4. The van der Waals surface area contributed by atoms with E-state index in [1.165, 1.54) is 77.6 Å². The van der Waals surface area contributed by atoms with Crippen LogP contribution in [0.4, 0.5) is 0 Å². The third-order valence-electron chi connectivity index (χ3n) is 5.79. The molecule has 33 heavy (non-hydrogen) atoms. The highest BCUT2D eigenvalue weighted by Crippen LogP contribution is 2.13. The van der Waals surface area contributed by atoms with Gasteiger partial charge in [0.1, 0.15) is 12.1 Å². The number of unbranched alkanes of at least 4 members (excludes halogenated alkanes) is 13. The average molecular weight is 471 g/mol. The molecule has 0 unspecified atom stereocenters. The van der Waals surface area contributed by atoms with Gasteiger partial charge in [0.2, 0.25) is 11.8 Å². The maximum Gasteiger partial charge on any atom is 0.326 e. The van der Waals surface area contributed by atoms with Crippen LogP contribution in [-0.4, -0.2) is 46.0 Å². The molecule has 0 aliphatic rings. The average Bonchev–Trinajstić information content (AvgIpc) is 2.76. The molecule has 8 nitrogen and oxygen atoms in total. The summed E-state index contributed by atoms with van der Waals surface area (Å²) in [5, 5.41) is 22.6. The quantitative estimate of drug-likeness (QED) is 0.168. The van der Waals surface area contributed by atoms with Gasteiger partial charge in [-0.05, 0) is 19.8 Å². The molecule has 0 aromatic rings. The van der Waals surface area contributed by atoms with E-state index in [1.807, 2.05) is 0 Å². The van der Waals surface area contributed by atoms with Crippen molar-refractivity contribution in [3.63, 3.8) is 0 Å². The van der Waals surface area contributed by atoms with E-state index in [-0.39, 0.29) is 18.7 Å². The van der Waals surface area contributed by atoms with Gasteiger partial charge in [-0.15, -0.1) is 0 Å². The molecule has 2 amide bonds. The normalized spacial score (nSPS) is 12.7. The molecule has 0 aromatic carbocycles. The maximum atomic E-state index is 12.1. The van der Waals surface area contributed by atoms with Gasteiger partial charge >= 0.3 is 11.9 Å². The molecule has 192 valence electrons. The summed E-state index contributed by atoms with van der Waals surface area (Å²) in [7, 11) is 0. The number of aliphatic carboxylic acids is 2. The van der Waals surface area contributed by atoms with Crippen molar-refractivity contribution in [2.75, 3.05) is 0 Å². The van der Waals surface area contributed by atoms with Crippen LogP contribution in [0.15, 0.2) is 0 Å². The number of carbonyl (C=O) groups is 4. The molecule has 0 rings (SSSR count). The fraction of sp³-hybridized carbons (Fsp3) is 0.840. The first kappa shape index (κ1) is 30.9. The predicted molar refractivity (Wildman–Crippen MR) is 129 cm³/mol. The first-order chi connectivity index (χ1) is 15.8. The van der Waals surface area contributed by atoms with E-state index in [2.05, 4.69) is 17.6 Å². The molecule has 0 radical (unpaired) electrons. The summed E-state index contributed by atoms with van der Waals surface area (Å²) in [6.45, 7) is 3.72. The summed E-state index contributed by atoms with van der Waals surface area (Å²) in [5.74, 6) is -3.31. The van der Waals surface area contributed by atoms with E-state index in [9.17, 15) is 19.2 Å². The van der Waals surface area contributed by atoms with Gasteiger partial charge in [-0.25, -0.2) is 4.79 Å². The zero-order chi connectivity index (χ0) is 24.9. The van der Waals surface area contributed by atoms with Gasteiger partial charge in [0.15, 0.2) is 0 Å². The standard InChI is InChI=1S/C25H46N2O6/c1-3-4-5-6-7-8-9-10-11-12-13-14-15-16-17-22(28)26-20(2)24(31)27-21(25(32)33)18-19-23(29)30/h20-21H,3-19H2,1-2H3,(H,26,28)(H,27,31)(H,29,30)(H,32,33)/t20-,21+/m0/s1. The van der Waals surface area contributed by atoms with Gasteiger partial charge in [-0.1, -0.05) is 90.4 Å². The lowest BCUT2D eigenvalue weighted by molar-refractivity contribution is -0.143. The molecule has 0 aliphatic carbocycles. The van der Waals surface area contributed by atoms with Crippen LogP contribution < -0.4 is 10.6 Å². The van der Waals surface area contributed by atoms with Crippen molar-refractivity contribution >= 4 is 23.8 Å². The van der Waals surface area contributed by atoms with Gasteiger partial charge in [-0.2, -0.15) is 0 Å². The van der Waals surface area contributed by atoms with Crippen LogP contribution in [0, 0.1) is 0 Å². The van der Waals surface area contributed by atoms with Gasteiger partial charge < -0.3 is 20.8 Å². The van der Waals surface area contributed by atoms with Crippen molar-refractivity contribution in [1.82, 2.24) is 10.6 Å². The summed E-state index contributed by atoms with van der Waals surface area (Å²) in [5.41, 5.74) is 0. The lowest BCUT2D eigenvalue weighted by atomic mass is 10.0. The maximum absolute atomic E-state index is 12.1. The Morgan fingerprint density at radius 2 is 1.12 bits per heavy atom. The fourth-order valence-electron chi connectivity index (χ4n) is 3.68. The molecular formula is C25H46N2O6. The fourth-order valence-corrected chi connectivity index (χ4v) is 3.68. The summed E-state index contributed by atoms with van der Waals surface area (Å²) < 4.78 is 0. The number of rotatable bonds is 22. The zero-order valence-corrected chi connectivity index (χ0v) is 20.7. The lowest BCUT2D eigenvalue weighted by Crippen LogP contribution is -2.50. The van der Waals surface area contributed by atoms with Crippen LogP contribution in [0.1, 0.15) is 123 Å². The van der Waals surface area contributed by atoms with Crippen LogP contribution in [0.2, 0.25) is 0 Å². The molecule has 0 aliphatic heterocycles. The Balaban J connectivity index is 3.74. The smallest absolute Gasteiger partial charge is 0.326 e. The molecule has 0 heterocycles. The van der Waals surface area contributed by atoms with Crippen LogP contribution in [-0.2, 0) is 19.2 Å². The Hall–Kier alpha value is -2.12. The van der Waals surface area contributed by atoms with Crippen molar-refractivity contribution in [1.29, 1.82) is 0 Å². The second-order valence-corrected chi connectivity index (χ2v) is 8.97. The number of nitrogens with one attached hydrogen (secondary N) is 2. The van der Waals surface area contributed by atoms with Gasteiger partial charge in [0.05, 0.1) is 0 Å². The van der Waals surface area contributed by atoms with Crippen LogP contribution in [0.25, 0.3) is 0 Å². The largest absolute Gasteiger partial charge is 0.481 e. The highest BCUT2D eigenvalue weighted by molar-refractivity contribution is 5.90. The molecule has 4 N–H and O–H groups in total. The number of hydrogen-bond acceptors (Lipinski definition) is 4. The number of carbonyl (C=O) groups excluding carboxylic acids is 2. The zero-order valence-electron chi connectivity index (χ0n) is 20.7. The molecule has 0 saturated carbocycles. The molecule has 2 atom stereocenters. The number of carboxylic acids is 2. The molecule has 0 spiro atoms. The van der Waals surface area contributed by atoms with Gasteiger partial charge in [0, 0.05) is 12.8 Å². The third-order valence-corrected chi connectivity index (χ3v) is 5.79. The Kier molecular flexibility index (Phi) is 19.2. The summed E-state index contributed by atoms with van der Waals surface area (Å²) in [4.78, 5) is 45.9. The minimum Gasteiger partial charge on any atom is -0.481 e. The Labute approximate surface area is 199 Å². The Bertz CT molecular complexity index is 567. The number of carboxylic acid groups (broad SMARTS) is 2. The van der Waals surface area contributed by atoms with E-state index < -0.39 is 29.9 Å². The van der Waals surface area contributed by atoms with Gasteiger partial charge in [0.25, 0.3) is 0 Å². The topological polar surface area (TPSA) is 133 Å². The van der Waals surface area contributed by atoms with Crippen LogP contribution >= 0.6 is 0 Å². The second kappa shape index (κ2) is 20.5. The summed E-state index contributed by atoms with van der Waals surface area (Å²) in [6, 6.07) is -2.17. The molecule has 0 aromatic heterocycles. The highest BCUT2D eigenvalue weighted by atomic mass is 16.4. The van der Waals surface area contributed by atoms with Gasteiger partial charge in [-0.3, -0.25) is 14.4 Å². The molecule has 0 bridgehead atoms. The van der Waals surface area contributed by atoms with Crippen molar-refractivity contribution in [3.8, 4) is 0 Å². The minimum absolute atomic E-state index is 0.212. The SMILES string of the molecule is CCCCCCCCCCCCCCCCC(=O)N[C@@H](C)C(=O)N[C@H](CCC(=O)O)C(=O)O. The monoisotopic (exact) mass is 470 g/mol. The lowest BCUT2D eigenvalue weighted by Gasteiger charge is -2.18. The first-order valence-corrected chi connectivity index (χ1v) is 12.8. The van der Waals surface area contributed by atoms with Crippen molar-refractivity contribution < 1.29 is 29.4 Å². The minimum atomic E-state index is -1.30. The van der Waals surface area contributed by atoms with E-state index in [4.69, 9.17) is 10.2 Å². The second-order valence-electron chi connectivity index (χ2n) is 8.97. The summed E-state index contributed by atoms with van der Waals surface area (Å²) in [6.07, 6.45) is 17.1. The Morgan fingerprint density at radius 1 is 0.667 bits per heavy atom. The van der Waals surface area contributed by atoms with Crippen LogP contribution in [0.5, 0.6) is 0 Å². The Morgan fingerprint density at radius 3 is 1.55 bits per heavy atom. The van der Waals surface area contributed by atoms with E-state index >= 15 is 0 Å². The first-order valence-electron chi connectivity index (χ1n) is 12.8. The van der Waals surface area contributed by atoms with E-state index in [0.717, 1.165) is 19.3 Å². The van der Waals surface area contributed by atoms with Crippen molar-refractivity contribution in [3.05, 3.63) is 0 Å². The number of amides is 2. The molecule has 0 fully saturated rings. The summed E-state index contributed by atoms with van der Waals surface area (Å²) >= 11 is 0. The van der Waals surface area contributed by atoms with Crippen molar-refractivity contribution in [2.45, 2.75) is 135 Å². The third kappa shape index (κ3) is 19.1. The van der Waals surface area contributed by atoms with Crippen molar-refractivity contribution in [2.24, 2.45) is 0 Å². The van der Waals surface area contributed by atoms with E-state index in [1.54, 1.807) is 0 Å².